The van der Waals surface area contributed by atoms with Crippen LogP contribution in [0.2, 0.25) is 0 Å². The molecule has 0 aliphatic carbocycles. The van der Waals surface area contributed by atoms with Crippen molar-refractivity contribution >= 4 is 6.29 Å². The van der Waals surface area contributed by atoms with Crippen molar-refractivity contribution in [3.63, 3.8) is 0 Å². The van der Waals surface area contributed by atoms with Crippen LogP contribution in [0.5, 0.6) is 0 Å². The number of aldehydes is 1. The first-order valence-electron chi connectivity index (χ1n) is 5.19. The number of hydrogen-bond acceptors (Lipinski definition) is 2. The second-order valence-corrected chi connectivity index (χ2v) is 5.65. The molecule has 0 radical (unpaired) electrons. The molecule has 0 aromatic carbocycles. The Hall–Kier alpha value is -1.12. The smallest absolute Gasteiger partial charge is 0.130 e. The van der Waals surface area contributed by atoms with Crippen LogP contribution < -0.4 is 0 Å². The number of nitrogens with zero attached hydrogens (tertiary/aromatic N) is 2. The van der Waals surface area contributed by atoms with Gasteiger partial charge in [0.25, 0.3) is 0 Å². The summed E-state index contributed by atoms with van der Waals surface area (Å²) in [5, 5.41) is 4.45. The third kappa shape index (κ3) is 2.28. The van der Waals surface area contributed by atoms with Crippen LogP contribution in [0.15, 0.2) is 6.20 Å². The SMILES string of the molecule is Cn1cc(C(C)(C)C=O)c(C(C)(C)C)n1. The van der Waals surface area contributed by atoms with Crippen LogP contribution in [0.1, 0.15) is 45.9 Å². The number of carbonyl (C=O) groups is 1. The van der Waals surface area contributed by atoms with Crippen LogP contribution in [-0.2, 0) is 22.7 Å². The van der Waals surface area contributed by atoms with Gasteiger partial charge in [0, 0.05) is 29.6 Å². The molecule has 15 heavy (non-hydrogen) atoms. The lowest BCUT2D eigenvalue weighted by molar-refractivity contribution is -0.111. The van der Waals surface area contributed by atoms with Crippen LogP contribution >= 0.6 is 0 Å². The van der Waals surface area contributed by atoms with Crippen molar-refractivity contribution < 1.29 is 4.79 Å². The summed E-state index contributed by atoms with van der Waals surface area (Å²) < 4.78 is 1.78. The van der Waals surface area contributed by atoms with Crippen LogP contribution in [0.3, 0.4) is 0 Å². The quantitative estimate of drug-likeness (QED) is 0.698. The molecule has 0 amide bonds. The molecule has 0 spiro atoms. The standard InChI is InChI=1S/C12H20N2O/c1-11(2,3)10-9(7-14(6)13-10)12(4,5)8-15/h7-8H,1-6H3. The Balaban J connectivity index is 3.36. The first kappa shape index (κ1) is 12.0. The molecule has 0 saturated heterocycles. The first-order chi connectivity index (χ1) is 6.68. The highest BCUT2D eigenvalue weighted by Gasteiger charge is 2.30. The van der Waals surface area contributed by atoms with Gasteiger partial charge in [-0.05, 0) is 13.8 Å². The summed E-state index contributed by atoms with van der Waals surface area (Å²) in [6.07, 6.45) is 2.92. The zero-order valence-electron chi connectivity index (χ0n) is 10.5. The molecule has 1 rings (SSSR count). The number of aryl methyl sites for hydroxylation is 1. The van der Waals surface area contributed by atoms with Crippen molar-refractivity contribution in [1.29, 1.82) is 0 Å². The monoisotopic (exact) mass is 208 g/mol. The van der Waals surface area contributed by atoms with Crippen LogP contribution in [-0.4, -0.2) is 16.1 Å². The molecule has 0 aliphatic rings. The molecule has 3 nitrogen and oxygen atoms in total. The van der Waals surface area contributed by atoms with Crippen molar-refractivity contribution in [2.45, 2.75) is 45.4 Å². The molecule has 1 heterocycles. The molecule has 3 heteroatoms. The van der Waals surface area contributed by atoms with Gasteiger partial charge in [0.15, 0.2) is 0 Å². The Kier molecular flexibility index (Phi) is 2.77. The van der Waals surface area contributed by atoms with Gasteiger partial charge < -0.3 is 4.79 Å². The van der Waals surface area contributed by atoms with E-state index in [1.54, 1.807) is 4.68 Å². The second kappa shape index (κ2) is 3.47. The normalized spacial score (nSPS) is 12.9. The Morgan fingerprint density at radius 2 is 1.80 bits per heavy atom. The summed E-state index contributed by atoms with van der Waals surface area (Å²) in [7, 11) is 1.89. The fraction of sp³-hybridized carbons (Fsp3) is 0.667. The first-order valence-corrected chi connectivity index (χ1v) is 5.19. The maximum Gasteiger partial charge on any atom is 0.130 e. The summed E-state index contributed by atoms with van der Waals surface area (Å²) in [6, 6.07) is 0. The molecule has 0 saturated carbocycles. The Labute approximate surface area is 91.5 Å². The lowest BCUT2D eigenvalue weighted by Crippen LogP contribution is -2.24. The van der Waals surface area contributed by atoms with Crippen molar-refractivity contribution in [1.82, 2.24) is 9.78 Å². The van der Waals surface area contributed by atoms with Gasteiger partial charge in [0.1, 0.15) is 6.29 Å². The number of aromatic nitrogens is 2. The van der Waals surface area contributed by atoms with Crippen molar-refractivity contribution in [2.75, 3.05) is 0 Å². The second-order valence-electron chi connectivity index (χ2n) is 5.65. The molecule has 1 aromatic rings. The lowest BCUT2D eigenvalue weighted by Gasteiger charge is -2.23. The molecule has 0 N–H and O–H groups in total. The van der Waals surface area contributed by atoms with E-state index in [9.17, 15) is 4.79 Å². The highest BCUT2D eigenvalue weighted by Crippen LogP contribution is 2.31. The van der Waals surface area contributed by atoms with Gasteiger partial charge in [-0.2, -0.15) is 5.10 Å². The van der Waals surface area contributed by atoms with Gasteiger partial charge in [-0.25, -0.2) is 0 Å². The predicted molar refractivity (Wildman–Crippen MR) is 61.0 cm³/mol. The highest BCUT2D eigenvalue weighted by atomic mass is 16.1. The molecule has 0 fully saturated rings. The third-order valence-electron chi connectivity index (χ3n) is 2.53. The fourth-order valence-electron chi connectivity index (χ4n) is 1.58. The Bertz CT molecular complexity index is 369. The minimum atomic E-state index is -0.461. The van der Waals surface area contributed by atoms with E-state index in [2.05, 4.69) is 25.9 Å². The Morgan fingerprint density at radius 1 is 1.27 bits per heavy atom. The van der Waals surface area contributed by atoms with Gasteiger partial charge in [0.2, 0.25) is 0 Å². The van der Waals surface area contributed by atoms with Crippen LogP contribution in [0.4, 0.5) is 0 Å². The van der Waals surface area contributed by atoms with Crippen molar-refractivity contribution in [3.8, 4) is 0 Å². The van der Waals surface area contributed by atoms with Gasteiger partial charge in [0.05, 0.1) is 5.69 Å². The topological polar surface area (TPSA) is 34.9 Å². The molecule has 84 valence electrons. The Morgan fingerprint density at radius 3 is 2.20 bits per heavy atom. The molecule has 0 atom stereocenters. The minimum Gasteiger partial charge on any atom is -0.302 e. The summed E-state index contributed by atoms with van der Waals surface area (Å²) in [5.74, 6) is 0. The molecule has 0 aliphatic heterocycles. The number of hydrogen-bond donors (Lipinski definition) is 0. The van der Waals surface area contributed by atoms with E-state index in [0.717, 1.165) is 17.5 Å². The maximum atomic E-state index is 11.1. The lowest BCUT2D eigenvalue weighted by atomic mass is 9.79. The fourth-order valence-corrected chi connectivity index (χ4v) is 1.58. The average molecular weight is 208 g/mol. The maximum absolute atomic E-state index is 11.1. The van der Waals surface area contributed by atoms with E-state index in [1.807, 2.05) is 27.1 Å². The molecular formula is C12H20N2O. The highest BCUT2D eigenvalue weighted by molar-refractivity contribution is 5.67. The molecule has 0 bridgehead atoms. The third-order valence-corrected chi connectivity index (χ3v) is 2.53. The summed E-state index contributed by atoms with van der Waals surface area (Å²) >= 11 is 0. The van der Waals surface area contributed by atoms with E-state index in [0.29, 0.717) is 0 Å². The van der Waals surface area contributed by atoms with Gasteiger partial charge >= 0.3 is 0 Å². The average Bonchev–Trinajstić information content (AvgIpc) is 2.47. The zero-order chi connectivity index (χ0) is 11.9. The largest absolute Gasteiger partial charge is 0.302 e. The zero-order valence-corrected chi connectivity index (χ0v) is 10.5. The van der Waals surface area contributed by atoms with E-state index in [1.165, 1.54) is 0 Å². The van der Waals surface area contributed by atoms with E-state index < -0.39 is 5.41 Å². The molecule has 1 aromatic heterocycles. The number of rotatable bonds is 2. The van der Waals surface area contributed by atoms with E-state index >= 15 is 0 Å². The van der Waals surface area contributed by atoms with Gasteiger partial charge in [-0.15, -0.1) is 0 Å². The summed E-state index contributed by atoms with van der Waals surface area (Å²) in [5.41, 5.74) is 1.53. The minimum absolute atomic E-state index is 0.0309. The van der Waals surface area contributed by atoms with Crippen molar-refractivity contribution in [2.24, 2.45) is 7.05 Å². The van der Waals surface area contributed by atoms with E-state index in [4.69, 9.17) is 0 Å². The summed E-state index contributed by atoms with van der Waals surface area (Å²) in [6.45, 7) is 10.2. The van der Waals surface area contributed by atoms with Gasteiger partial charge in [-0.1, -0.05) is 20.8 Å². The van der Waals surface area contributed by atoms with Crippen molar-refractivity contribution in [3.05, 3.63) is 17.5 Å². The number of carbonyl (C=O) groups excluding carboxylic acids is 1. The van der Waals surface area contributed by atoms with Crippen LogP contribution in [0, 0.1) is 0 Å². The van der Waals surface area contributed by atoms with Crippen LogP contribution in [0.25, 0.3) is 0 Å². The van der Waals surface area contributed by atoms with Gasteiger partial charge in [-0.3, -0.25) is 4.68 Å². The molecular weight excluding hydrogens is 188 g/mol. The summed E-state index contributed by atoms with van der Waals surface area (Å²) in [4.78, 5) is 11.1. The van der Waals surface area contributed by atoms with E-state index in [-0.39, 0.29) is 5.41 Å². The predicted octanol–water partition coefficient (Wildman–Crippen LogP) is 2.19. The molecule has 0 unspecified atom stereocenters.